The number of aliphatic imine (C=N–C) groups is 2. The monoisotopic (exact) mass is 380 g/mol. The first-order valence-corrected chi connectivity index (χ1v) is 9.34. The summed E-state index contributed by atoms with van der Waals surface area (Å²) in [6, 6.07) is 8.57. The van der Waals surface area contributed by atoms with Gasteiger partial charge in [0.25, 0.3) is 0 Å². The van der Waals surface area contributed by atoms with Crippen molar-refractivity contribution in [2.75, 3.05) is 0 Å². The van der Waals surface area contributed by atoms with Gasteiger partial charge in [0.05, 0.1) is 21.2 Å². The van der Waals surface area contributed by atoms with Crippen molar-refractivity contribution < 1.29 is 18.0 Å². The predicted molar refractivity (Wildman–Crippen MR) is 102 cm³/mol. The number of hydrogen-bond donors (Lipinski definition) is 0. The zero-order valence-corrected chi connectivity index (χ0v) is 15.2. The van der Waals surface area contributed by atoms with Gasteiger partial charge in [0.1, 0.15) is 0 Å². The minimum atomic E-state index is -3.83. The smallest absolute Gasteiger partial charge is 0.219 e. The zero-order valence-electron chi connectivity index (χ0n) is 14.4. The number of nitrogens with zero attached hydrogens (tertiary/aromatic N) is 2. The molecule has 0 N–H and O–H groups in total. The van der Waals surface area contributed by atoms with Crippen LogP contribution in [0.25, 0.3) is 0 Å². The van der Waals surface area contributed by atoms with Crippen LogP contribution in [-0.4, -0.2) is 20.6 Å². The number of rotatable bonds is 8. The molecule has 2 aromatic rings. The summed E-state index contributed by atoms with van der Waals surface area (Å²) in [5, 5.41) is 0. The van der Waals surface area contributed by atoms with E-state index in [1.165, 1.54) is 48.6 Å². The quantitative estimate of drug-likeness (QED) is 0.394. The van der Waals surface area contributed by atoms with Gasteiger partial charge in [0.15, 0.2) is 0 Å². The highest BCUT2D eigenvalue weighted by Crippen LogP contribution is 2.30. The fraction of sp³-hybridized carbons (Fsp3) is 0.100. The Labute approximate surface area is 157 Å². The van der Waals surface area contributed by atoms with Crippen LogP contribution >= 0.6 is 0 Å². The fourth-order valence-electron chi connectivity index (χ4n) is 2.55. The maximum absolute atomic E-state index is 13.0. The average Bonchev–Trinajstić information content (AvgIpc) is 2.65. The Morgan fingerprint density at radius 2 is 1.22 bits per heavy atom. The summed E-state index contributed by atoms with van der Waals surface area (Å²) in [6.45, 7) is 7.25. The first kappa shape index (κ1) is 19.9. The predicted octanol–water partition coefficient (Wildman–Crippen LogP) is 3.91. The first-order valence-electron chi connectivity index (χ1n) is 7.86. The van der Waals surface area contributed by atoms with Crippen molar-refractivity contribution in [3.63, 3.8) is 0 Å². The van der Waals surface area contributed by atoms with Gasteiger partial charge in [-0.05, 0) is 60.4 Å². The topological polar surface area (TPSA) is 93.0 Å². The molecule has 0 aliphatic carbocycles. The summed E-state index contributed by atoms with van der Waals surface area (Å²) in [6.07, 6.45) is 6.77. The van der Waals surface area contributed by atoms with Gasteiger partial charge in [0, 0.05) is 0 Å². The van der Waals surface area contributed by atoms with E-state index in [4.69, 9.17) is 0 Å². The summed E-state index contributed by atoms with van der Waals surface area (Å²) in [5.74, 6) is 0. The Morgan fingerprint density at radius 3 is 1.56 bits per heavy atom. The van der Waals surface area contributed by atoms with E-state index in [0.717, 1.165) is 0 Å². The van der Waals surface area contributed by atoms with Crippen molar-refractivity contribution in [3.05, 3.63) is 72.8 Å². The average molecular weight is 380 g/mol. The van der Waals surface area contributed by atoms with Crippen molar-refractivity contribution in [2.45, 2.75) is 22.6 Å². The molecule has 0 unspecified atom stereocenters. The maximum Gasteiger partial charge on any atom is 0.240 e. The molecule has 0 heterocycles. The molecule has 2 rings (SSSR count). The Hall–Kier alpha value is -3.37. The molecule has 0 radical (unpaired) electrons. The van der Waals surface area contributed by atoms with Crippen LogP contribution in [0, 0.1) is 0 Å². The fourth-order valence-corrected chi connectivity index (χ4v) is 3.91. The van der Waals surface area contributed by atoms with E-state index in [1.807, 2.05) is 0 Å². The normalized spacial score (nSPS) is 10.4. The molecule has 27 heavy (non-hydrogen) atoms. The third-order valence-electron chi connectivity index (χ3n) is 3.78. The lowest BCUT2D eigenvalue weighted by Crippen LogP contribution is -2.03. The van der Waals surface area contributed by atoms with Crippen molar-refractivity contribution in [2.24, 2.45) is 9.98 Å². The molecule has 0 aliphatic heterocycles. The molecule has 0 amide bonds. The Morgan fingerprint density at radius 1 is 0.815 bits per heavy atom. The molecule has 136 valence electrons. The van der Waals surface area contributed by atoms with Gasteiger partial charge < -0.3 is 0 Å². The summed E-state index contributed by atoms with van der Waals surface area (Å²) >= 11 is 0. The number of allylic oxidation sites excluding steroid dienone is 2. The third kappa shape index (κ3) is 4.43. The van der Waals surface area contributed by atoms with Crippen LogP contribution in [0.1, 0.15) is 11.1 Å². The van der Waals surface area contributed by atoms with Crippen LogP contribution in [0.15, 0.2) is 81.5 Å². The van der Waals surface area contributed by atoms with Crippen LogP contribution in [0.2, 0.25) is 0 Å². The third-order valence-corrected chi connectivity index (χ3v) is 5.53. The Bertz CT molecular complexity index is 1010. The van der Waals surface area contributed by atoms with E-state index in [1.54, 1.807) is 12.2 Å². The molecule has 0 fully saturated rings. The van der Waals surface area contributed by atoms with Crippen LogP contribution in [-0.2, 0) is 32.3 Å². The minimum absolute atomic E-state index is 0.0559. The van der Waals surface area contributed by atoms with E-state index in [0.29, 0.717) is 35.3 Å². The molecule has 0 saturated heterocycles. The summed E-state index contributed by atoms with van der Waals surface area (Å²) in [7, 11) is -3.83. The molecule has 2 aromatic carbocycles. The molecule has 0 spiro atoms. The highest BCUT2D eigenvalue weighted by Gasteiger charge is 2.20. The number of hydrogen-bond acceptors (Lipinski definition) is 6. The van der Waals surface area contributed by atoms with Crippen molar-refractivity contribution >= 4 is 33.4 Å². The molecule has 6 nitrogen and oxygen atoms in total. The number of benzene rings is 2. The molecular formula is C20H16N2O4S. The van der Waals surface area contributed by atoms with Crippen LogP contribution in [0.3, 0.4) is 0 Å². The molecule has 0 saturated carbocycles. The van der Waals surface area contributed by atoms with E-state index in [2.05, 4.69) is 23.1 Å². The van der Waals surface area contributed by atoms with Gasteiger partial charge in [-0.1, -0.05) is 12.2 Å². The van der Waals surface area contributed by atoms with Crippen LogP contribution < -0.4 is 0 Å². The van der Waals surface area contributed by atoms with E-state index < -0.39 is 9.84 Å². The second kappa shape index (κ2) is 8.83. The zero-order chi connectivity index (χ0) is 19.9. The summed E-state index contributed by atoms with van der Waals surface area (Å²) < 4.78 is 26.0. The van der Waals surface area contributed by atoms with Gasteiger partial charge in [-0.15, -0.1) is 13.2 Å². The van der Waals surface area contributed by atoms with Gasteiger partial charge in [-0.3, -0.25) is 0 Å². The molecule has 0 aliphatic rings. The lowest BCUT2D eigenvalue weighted by Gasteiger charge is -2.10. The summed E-state index contributed by atoms with van der Waals surface area (Å²) in [5.41, 5.74) is 1.77. The lowest BCUT2D eigenvalue weighted by molar-refractivity contribution is 0.564. The van der Waals surface area contributed by atoms with Crippen LogP contribution in [0.5, 0.6) is 0 Å². The lowest BCUT2D eigenvalue weighted by atomic mass is 10.1. The van der Waals surface area contributed by atoms with Crippen molar-refractivity contribution in [1.82, 2.24) is 0 Å². The summed E-state index contributed by atoms with van der Waals surface area (Å²) in [4.78, 5) is 28.4. The second-order valence-electron chi connectivity index (χ2n) is 5.48. The number of sulfone groups is 1. The standard InChI is InChI=1S/C20H16N2O4S/c1-3-5-15-11-17(7-9-19(15)21-13-23)27(25,26)18-8-10-20(22-14-24)16(12-18)6-4-2/h3-4,7-12H,1-2,5-6H2. The van der Waals surface area contributed by atoms with E-state index >= 15 is 0 Å². The SMILES string of the molecule is C=CCc1cc(S(=O)(=O)c2ccc(N=C=O)c(CC=C)c2)ccc1N=C=O. The van der Waals surface area contributed by atoms with Crippen LogP contribution in [0.4, 0.5) is 11.4 Å². The van der Waals surface area contributed by atoms with Gasteiger partial charge in [-0.2, -0.15) is 9.98 Å². The maximum atomic E-state index is 13.0. The second-order valence-corrected chi connectivity index (χ2v) is 7.43. The largest absolute Gasteiger partial charge is 0.240 e. The van der Waals surface area contributed by atoms with Gasteiger partial charge in [-0.25, -0.2) is 18.0 Å². The van der Waals surface area contributed by atoms with Crippen molar-refractivity contribution in [3.8, 4) is 0 Å². The highest BCUT2D eigenvalue weighted by atomic mass is 32.2. The van der Waals surface area contributed by atoms with Gasteiger partial charge >= 0.3 is 0 Å². The molecular weight excluding hydrogens is 364 g/mol. The molecule has 0 atom stereocenters. The minimum Gasteiger partial charge on any atom is -0.219 e. The van der Waals surface area contributed by atoms with Crippen molar-refractivity contribution in [1.29, 1.82) is 0 Å². The molecule has 7 heteroatoms. The molecule has 0 bridgehead atoms. The van der Waals surface area contributed by atoms with E-state index in [-0.39, 0.29) is 9.79 Å². The number of isocyanates is 2. The Kier molecular flexibility index (Phi) is 6.52. The highest BCUT2D eigenvalue weighted by molar-refractivity contribution is 7.91. The molecule has 0 aromatic heterocycles. The number of carbonyl (C=O) groups excluding carboxylic acids is 2. The first-order chi connectivity index (χ1) is 13.0. The van der Waals surface area contributed by atoms with E-state index in [9.17, 15) is 18.0 Å². The Balaban J connectivity index is 2.61. The van der Waals surface area contributed by atoms with Gasteiger partial charge in [0.2, 0.25) is 22.0 Å².